The minimum Gasteiger partial charge on any atom is -0.477 e. The third-order valence-corrected chi connectivity index (χ3v) is 3.71. The van der Waals surface area contributed by atoms with Gasteiger partial charge in [-0.3, -0.25) is 0 Å². The van der Waals surface area contributed by atoms with Crippen LogP contribution in [0.2, 0.25) is 0 Å². The average Bonchev–Trinajstić information content (AvgIpc) is 2.84. The van der Waals surface area contributed by atoms with Crippen molar-refractivity contribution < 1.29 is 18.3 Å². The first-order valence-corrected chi connectivity index (χ1v) is 6.60. The lowest BCUT2D eigenvalue weighted by molar-refractivity contribution is 0.0687. The van der Waals surface area contributed by atoms with E-state index in [-0.39, 0.29) is 24.0 Å². The van der Waals surface area contributed by atoms with Gasteiger partial charge in [0, 0.05) is 12.7 Å². The van der Waals surface area contributed by atoms with E-state index in [2.05, 4.69) is 5.32 Å². The molecule has 0 spiro atoms. The highest BCUT2D eigenvalue weighted by atomic mass is 35.5. The topological polar surface area (TPSA) is 114 Å². The van der Waals surface area contributed by atoms with E-state index in [9.17, 15) is 13.2 Å². The number of nitrogens with one attached hydrogen (secondary N) is 1. The zero-order valence-electron chi connectivity index (χ0n) is 9.37. The molecule has 1 aromatic rings. The normalized spacial score (nSPS) is 19.5. The number of rotatable bonds is 3. The molecule has 18 heavy (non-hydrogen) atoms. The van der Waals surface area contributed by atoms with Crippen molar-refractivity contribution in [3.8, 4) is 0 Å². The fraction of sp³-hybridized carbons (Fsp3) is 0.444. The fourth-order valence-electron chi connectivity index (χ4n) is 2.11. The Morgan fingerprint density at radius 3 is 2.67 bits per heavy atom. The van der Waals surface area contributed by atoms with E-state index in [0.717, 1.165) is 13.0 Å². The van der Waals surface area contributed by atoms with Crippen LogP contribution in [0.3, 0.4) is 0 Å². The van der Waals surface area contributed by atoms with Crippen molar-refractivity contribution in [1.82, 2.24) is 9.29 Å². The summed E-state index contributed by atoms with van der Waals surface area (Å²) in [6.45, 7) is 1.44. The molecular weight excluding hydrogens is 282 g/mol. The molecule has 1 fully saturated rings. The Balaban J connectivity index is 0.00000162. The van der Waals surface area contributed by atoms with Gasteiger partial charge in [-0.25, -0.2) is 13.9 Å². The molecule has 2 heterocycles. The number of nitrogens with zero attached hydrogens (tertiary/aromatic N) is 1. The van der Waals surface area contributed by atoms with Gasteiger partial charge in [0.2, 0.25) is 0 Å². The molecule has 1 unspecified atom stereocenters. The molecule has 0 saturated carbocycles. The Hall–Kier alpha value is -1.09. The molecule has 2 rings (SSSR count). The molecule has 9 heteroatoms. The van der Waals surface area contributed by atoms with Crippen molar-refractivity contribution >= 4 is 28.6 Å². The summed E-state index contributed by atoms with van der Waals surface area (Å²) in [4.78, 5) is 11.1. The number of hydrogen-bond donors (Lipinski definition) is 3. The van der Waals surface area contributed by atoms with E-state index >= 15 is 0 Å². The Bertz CT molecular complexity index is 548. The molecule has 0 radical (unpaired) electrons. The van der Waals surface area contributed by atoms with Crippen LogP contribution in [0.5, 0.6) is 0 Å². The van der Waals surface area contributed by atoms with E-state index in [1.165, 1.54) is 12.3 Å². The fourth-order valence-corrected chi connectivity index (χ4v) is 2.78. The highest BCUT2D eigenvalue weighted by Gasteiger charge is 2.28. The zero-order valence-corrected chi connectivity index (χ0v) is 11.0. The molecule has 1 aliphatic rings. The first-order valence-electron chi connectivity index (χ1n) is 5.10. The van der Waals surface area contributed by atoms with Gasteiger partial charge in [-0.05, 0) is 30.5 Å². The van der Waals surface area contributed by atoms with Gasteiger partial charge < -0.3 is 10.4 Å². The molecule has 0 aromatic carbocycles. The lowest BCUT2D eigenvalue weighted by Gasteiger charge is -2.09. The predicted molar refractivity (Wildman–Crippen MR) is 67.4 cm³/mol. The molecule has 102 valence electrons. The van der Waals surface area contributed by atoms with Crippen LogP contribution in [0.15, 0.2) is 12.3 Å². The van der Waals surface area contributed by atoms with Crippen molar-refractivity contribution in [2.75, 3.05) is 13.1 Å². The third-order valence-electron chi connectivity index (χ3n) is 2.86. The highest BCUT2D eigenvalue weighted by molar-refractivity contribution is 7.87. The van der Waals surface area contributed by atoms with Gasteiger partial charge in [-0.15, -0.1) is 12.4 Å². The van der Waals surface area contributed by atoms with Crippen molar-refractivity contribution in [3.05, 3.63) is 23.5 Å². The summed E-state index contributed by atoms with van der Waals surface area (Å²) < 4.78 is 23.1. The summed E-state index contributed by atoms with van der Waals surface area (Å²) in [6, 6.07) is 1.51. The van der Waals surface area contributed by atoms with Crippen LogP contribution >= 0.6 is 12.4 Å². The maximum Gasteiger partial charge on any atom is 0.353 e. The highest BCUT2D eigenvalue weighted by Crippen LogP contribution is 2.27. The SMILES string of the molecule is Cl.NS(=O)(=O)n1ccc(C2CCNC2)c1C(=O)O. The van der Waals surface area contributed by atoms with Crippen molar-refractivity contribution in [1.29, 1.82) is 0 Å². The Morgan fingerprint density at radius 1 is 1.56 bits per heavy atom. The van der Waals surface area contributed by atoms with Gasteiger partial charge >= 0.3 is 16.2 Å². The molecule has 1 aliphatic heterocycles. The van der Waals surface area contributed by atoms with Crippen LogP contribution in [-0.2, 0) is 10.2 Å². The van der Waals surface area contributed by atoms with E-state index in [1.54, 1.807) is 0 Å². The summed E-state index contributed by atoms with van der Waals surface area (Å²) in [6.07, 6.45) is 1.97. The Kier molecular flexibility index (Phi) is 4.38. The summed E-state index contributed by atoms with van der Waals surface area (Å²) in [5.74, 6) is -1.27. The van der Waals surface area contributed by atoms with Gasteiger partial charge in [-0.1, -0.05) is 0 Å². The third kappa shape index (κ3) is 2.66. The van der Waals surface area contributed by atoms with Crippen molar-refractivity contribution in [2.24, 2.45) is 5.14 Å². The van der Waals surface area contributed by atoms with E-state index in [0.29, 0.717) is 16.1 Å². The average molecular weight is 296 g/mol. The van der Waals surface area contributed by atoms with Crippen LogP contribution in [0.4, 0.5) is 0 Å². The second kappa shape index (κ2) is 5.27. The second-order valence-corrected chi connectivity index (χ2v) is 5.38. The molecule has 4 N–H and O–H groups in total. The minimum atomic E-state index is -4.07. The van der Waals surface area contributed by atoms with Crippen molar-refractivity contribution in [2.45, 2.75) is 12.3 Å². The number of carbonyl (C=O) groups is 1. The van der Waals surface area contributed by atoms with Gasteiger partial charge in [0.1, 0.15) is 5.69 Å². The van der Waals surface area contributed by atoms with Crippen LogP contribution in [-0.4, -0.2) is 36.6 Å². The van der Waals surface area contributed by atoms with E-state index in [1.807, 2.05) is 0 Å². The molecular formula is C9H14ClN3O4S. The maximum atomic E-state index is 11.2. The van der Waals surface area contributed by atoms with Gasteiger partial charge in [0.15, 0.2) is 0 Å². The molecule has 1 atom stereocenters. The molecule has 0 bridgehead atoms. The number of nitrogens with two attached hydrogens (primary N) is 1. The van der Waals surface area contributed by atoms with Crippen LogP contribution in [0.25, 0.3) is 0 Å². The van der Waals surface area contributed by atoms with Gasteiger partial charge in [0.05, 0.1) is 0 Å². The molecule has 0 aliphatic carbocycles. The molecule has 0 amide bonds. The van der Waals surface area contributed by atoms with Crippen LogP contribution in [0.1, 0.15) is 28.4 Å². The van der Waals surface area contributed by atoms with E-state index < -0.39 is 16.2 Å². The molecule has 1 aromatic heterocycles. The monoisotopic (exact) mass is 295 g/mol. The largest absolute Gasteiger partial charge is 0.477 e. The lowest BCUT2D eigenvalue weighted by atomic mass is 9.99. The zero-order chi connectivity index (χ0) is 12.6. The Labute approximate surface area is 111 Å². The van der Waals surface area contributed by atoms with Crippen LogP contribution in [0, 0.1) is 0 Å². The van der Waals surface area contributed by atoms with Gasteiger partial charge in [0.25, 0.3) is 0 Å². The summed E-state index contributed by atoms with van der Waals surface area (Å²) in [5.41, 5.74) is 0.248. The second-order valence-electron chi connectivity index (χ2n) is 3.96. The number of aromatic nitrogens is 1. The maximum absolute atomic E-state index is 11.2. The number of carboxylic acid groups (broad SMARTS) is 1. The van der Waals surface area contributed by atoms with Gasteiger partial charge in [-0.2, -0.15) is 8.42 Å². The Morgan fingerprint density at radius 2 is 2.22 bits per heavy atom. The minimum absolute atomic E-state index is 0. The van der Waals surface area contributed by atoms with Crippen LogP contribution < -0.4 is 10.5 Å². The molecule has 1 saturated heterocycles. The smallest absolute Gasteiger partial charge is 0.353 e. The quantitative estimate of drug-likeness (QED) is 0.710. The molecule has 7 nitrogen and oxygen atoms in total. The number of carboxylic acids is 1. The summed E-state index contributed by atoms with van der Waals surface area (Å²) in [7, 11) is -4.07. The number of aromatic carboxylic acids is 1. The predicted octanol–water partition coefficient (Wildman–Crippen LogP) is -0.263. The standard InChI is InChI=1S/C9H13N3O4S.ClH/c10-17(15,16)12-4-2-7(8(12)9(13)14)6-1-3-11-5-6;/h2,4,6,11H,1,3,5H2,(H,13,14)(H2,10,15,16);1H. The summed E-state index contributed by atoms with van der Waals surface area (Å²) >= 11 is 0. The lowest BCUT2D eigenvalue weighted by Crippen LogP contribution is -2.25. The van der Waals surface area contributed by atoms with Crippen molar-refractivity contribution in [3.63, 3.8) is 0 Å². The first-order chi connectivity index (χ1) is 7.91. The number of hydrogen-bond acceptors (Lipinski definition) is 4. The summed E-state index contributed by atoms with van der Waals surface area (Å²) in [5, 5.41) is 17.2. The van der Waals surface area contributed by atoms with E-state index in [4.69, 9.17) is 10.2 Å². The first kappa shape index (κ1) is 15.0. The number of halogens is 1.